The molecule has 0 unspecified atom stereocenters. The Hall–Kier alpha value is -4.01. The van der Waals surface area contributed by atoms with Crippen molar-refractivity contribution in [3.05, 3.63) is 36.2 Å². The van der Waals surface area contributed by atoms with Crippen LogP contribution in [-0.2, 0) is 23.3 Å². The zero-order valence-electron chi connectivity index (χ0n) is 24.5. The lowest BCUT2D eigenvalue weighted by molar-refractivity contribution is 0.0467. The molecule has 0 aliphatic carbocycles. The van der Waals surface area contributed by atoms with E-state index in [0.717, 1.165) is 16.9 Å². The second-order valence-corrected chi connectivity index (χ2v) is 17.3. The summed E-state index contributed by atoms with van der Waals surface area (Å²) in [6.07, 6.45) is 2.63. The van der Waals surface area contributed by atoms with Crippen molar-refractivity contribution in [2.75, 3.05) is 26.9 Å². The number of nitrogens with one attached hydrogen (secondary N) is 2. The number of aryl methyl sites for hydroxylation is 1. The van der Waals surface area contributed by atoms with Crippen molar-refractivity contribution in [1.82, 2.24) is 34.9 Å². The summed E-state index contributed by atoms with van der Waals surface area (Å²) in [5, 5.41) is 20.2. The average molecular weight is 596 g/mol. The minimum absolute atomic E-state index is 0.171. The first-order chi connectivity index (χ1) is 20.0. The molecule has 1 aromatic carbocycles. The predicted molar refractivity (Wildman–Crippen MR) is 160 cm³/mol. The molecule has 42 heavy (non-hydrogen) atoms. The smallest absolute Gasteiger partial charge is 0.405 e. The van der Waals surface area contributed by atoms with Crippen LogP contribution in [0.2, 0.25) is 25.7 Å². The van der Waals surface area contributed by atoms with E-state index < -0.39 is 26.3 Å². The van der Waals surface area contributed by atoms with Gasteiger partial charge in [0.25, 0.3) is 5.91 Å². The van der Waals surface area contributed by atoms with Gasteiger partial charge in [0.15, 0.2) is 5.65 Å². The number of hydrogen-bond acceptors (Lipinski definition) is 8. The van der Waals surface area contributed by atoms with E-state index in [0.29, 0.717) is 53.5 Å². The molecular formula is C28H37N7O6Si. The van der Waals surface area contributed by atoms with Crippen LogP contribution in [0, 0.1) is 0 Å². The van der Waals surface area contributed by atoms with E-state index in [1.165, 1.54) is 0 Å². The maximum atomic E-state index is 13.7. The fourth-order valence-corrected chi connectivity index (χ4v) is 5.75. The van der Waals surface area contributed by atoms with E-state index in [-0.39, 0.29) is 19.2 Å². The molecule has 13 nitrogen and oxygen atoms in total. The van der Waals surface area contributed by atoms with Crippen LogP contribution in [0.3, 0.4) is 0 Å². The molecule has 2 atom stereocenters. The second-order valence-electron chi connectivity index (χ2n) is 11.6. The molecule has 1 aliphatic heterocycles. The highest BCUT2D eigenvalue weighted by Gasteiger charge is 2.30. The van der Waals surface area contributed by atoms with Crippen LogP contribution in [0.25, 0.3) is 33.5 Å². The third kappa shape index (κ3) is 6.40. The highest BCUT2D eigenvalue weighted by atomic mass is 28.3. The largest absolute Gasteiger partial charge is 0.497 e. The van der Waals surface area contributed by atoms with E-state index in [2.05, 4.69) is 30.3 Å². The highest BCUT2D eigenvalue weighted by Crippen LogP contribution is 2.31. The first kappa shape index (κ1) is 29.5. The van der Waals surface area contributed by atoms with Crippen LogP contribution in [-0.4, -0.2) is 88.5 Å². The number of ether oxygens (including phenoxy) is 3. The summed E-state index contributed by atoms with van der Waals surface area (Å²) < 4.78 is 20.4. The summed E-state index contributed by atoms with van der Waals surface area (Å²) in [5.41, 5.74) is 3.23. The Bertz CT molecular complexity index is 1610. The van der Waals surface area contributed by atoms with Gasteiger partial charge in [-0.15, -0.1) is 0 Å². The molecule has 4 heterocycles. The molecule has 224 valence electrons. The normalized spacial score (nSPS) is 17.5. The zero-order valence-corrected chi connectivity index (χ0v) is 25.5. The Morgan fingerprint density at radius 2 is 2.02 bits per heavy atom. The molecular weight excluding hydrogens is 558 g/mol. The molecule has 1 fully saturated rings. The number of nitrogens with zero attached hydrogens (tertiary/aromatic N) is 5. The molecule has 1 saturated heterocycles. The summed E-state index contributed by atoms with van der Waals surface area (Å²) in [6, 6.07) is 5.69. The molecule has 3 aromatic heterocycles. The Labute approximate surface area is 244 Å². The van der Waals surface area contributed by atoms with Crippen LogP contribution in [0.4, 0.5) is 4.79 Å². The first-order valence-electron chi connectivity index (χ1n) is 13.9. The quantitative estimate of drug-likeness (QED) is 0.185. The number of aromatic nitrogens is 5. The second kappa shape index (κ2) is 12.1. The van der Waals surface area contributed by atoms with E-state index >= 15 is 0 Å². The Morgan fingerprint density at radius 3 is 2.76 bits per heavy atom. The number of benzene rings is 1. The van der Waals surface area contributed by atoms with Crippen molar-refractivity contribution < 1.29 is 28.9 Å². The average Bonchev–Trinajstić information content (AvgIpc) is 3.48. The Morgan fingerprint density at radius 1 is 1.21 bits per heavy atom. The van der Waals surface area contributed by atoms with Crippen LogP contribution in [0.5, 0.6) is 5.75 Å². The number of carboxylic acid groups (broad SMARTS) is 1. The number of rotatable bonds is 10. The first-order valence-corrected chi connectivity index (χ1v) is 17.6. The summed E-state index contributed by atoms with van der Waals surface area (Å²) in [6.45, 7) is 8.27. The van der Waals surface area contributed by atoms with Crippen molar-refractivity contribution >= 4 is 42.1 Å². The number of carbonyl (C=O) groups is 2. The van der Waals surface area contributed by atoms with Gasteiger partial charge in [-0.2, -0.15) is 5.10 Å². The van der Waals surface area contributed by atoms with E-state index in [4.69, 9.17) is 29.3 Å². The number of hydrogen-bond donors (Lipinski definition) is 3. The van der Waals surface area contributed by atoms with Gasteiger partial charge in [-0.05, 0) is 30.7 Å². The van der Waals surface area contributed by atoms with Gasteiger partial charge in [0.05, 0.1) is 43.1 Å². The SMILES string of the molecule is COc1ccc2c(c1)c(-c1cnc3c(n1)c(C(=O)N[C@@H]1CCOC[C@@H]1NC(=O)O)cn3COCC[Si](C)(C)C)nn2C. The summed E-state index contributed by atoms with van der Waals surface area (Å²) in [4.78, 5) is 34.6. The van der Waals surface area contributed by atoms with Gasteiger partial charge < -0.3 is 34.5 Å². The fourth-order valence-electron chi connectivity index (χ4n) is 4.99. The molecule has 1 aliphatic rings. The van der Waals surface area contributed by atoms with Gasteiger partial charge in [-0.1, -0.05) is 19.6 Å². The van der Waals surface area contributed by atoms with E-state index in [9.17, 15) is 14.7 Å². The molecule has 2 amide bonds. The summed E-state index contributed by atoms with van der Waals surface area (Å²) in [5.74, 6) is 0.303. The van der Waals surface area contributed by atoms with Gasteiger partial charge in [-0.25, -0.2) is 14.8 Å². The zero-order chi connectivity index (χ0) is 30.0. The van der Waals surface area contributed by atoms with Gasteiger partial charge >= 0.3 is 6.09 Å². The lowest BCUT2D eigenvalue weighted by atomic mass is 10.0. The maximum Gasteiger partial charge on any atom is 0.405 e. The molecule has 0 spiro atoms. The van der Waals surface area contributed by atoms with E-state index in [1.807, 2.05) is 25.2 Å². The van der Waals surface area contributed by atoms with Gasteiger partial charge in [0, 0.05) is 39.9 Å². The summed E-state index contributed by atoms with van der Waals surface area (Å²) >= 11 is 0. The predicted octanol–water partition coefficient (Wildman–Crippen LogP) is 3.46. The minimum atomic E-state index is -1.28. The van der Waals surface area contributed by atoms with Gasteiger partial charge in [0.1, 0.15) is 29.4 Å². The Balaban J connectivity index is 1.52. The minimum Gasteiger partial charge on any atom is -0.497 e. The lowest BCUT2D eigenvalue weighted by Gasteiger charge is -2.31. The molecule has 0 bridgehead atoms. The summed E-state index contributed by atoms with van der Waals surface area (Å²) in [7, 11) is 2.18. The molecule has 4 aromatic rings. The van der Waals surface area contributed by atoms with E-state index in [1.54, 1.807) is 28.8 Å². The third-order valence-electron chi connectivity index (χ3n) is 7.32. The molecule has 0 saturated carbocycles. The molecule has 5 rings (SSSR count). The molecule has 3 N–H and O–H groups in total. The van der Waals surface area contributed by atoms with Crippen LogP contribution < -0.4 is 15.4 Å². The van der Waals surface area contributed by atoms with Crippen molar-refractivity contribution in [2.24, 2.45) is 7.05 Å². The fraction of sp³-hybridized carbons (Fsp3) is 0.464. The number of carbonyl (C=O) groups excluding carboxylic acids is 1. The van der Waals surface area contributed by atoms with Crippen molar-refractivity contribution in [3.8, 4) is 17.1 Å². The monoisotopic (exact) mass is 595 g/mol. The van der Waals surface area contributed by atoms with Crippen molar-refractivity contribution in [1.29, 1.82) is 0 Å². The van der Waals surface area contributed by atoms with Gasteiger partial charge in [-0.3, -0.25) is 9.48 Å². The van der Waals surface area contributed by atoms with Crippen LogP contribution >= 0.6 is 0 Å². The highest BCUT2D eigenvalue weighted by molar-refractivity contribution is 6.76. The Kier molecular flexibility index (Phi) is 8.47. The molecule has 14 heteroatoms. The van der Waals surface area contributed by atoms with Crippen LogP contribution in [0.1, 0.15) is 16.8 Å². The lowest BCUT2D eigenvalue weighted by Crippen LogP contribution is -2.56. The van der Waals surface area contributed by atoms with Crippen LogP contribution in [0.15, 0.2) is 30.6 Å². The van der Waals surface area contributed by atoms with Crippen molar-refractivity contribution in [2.45, 2.75) is 50.9 Å². The third-order valence-corrected chi connectivity index (χ3v) is 9.02. The van der Waals surface area contributed by atoms with Crippen molar-refractivity contribution in [3.63, 3.8) is 0 Å². The topological polar surface area (TPSA) is 155 Å². The maximum absolute atomic E-state index is 13.7. The number of amides is 2. The number of methoxy groups -OCH3 is 1. The van der Waals surface area contributed by atoms with Gasteiger partial charge in [0.2, 0.25) is 0 Å². The molecule has 0 radical (unpaired) electrons. The standard InChI is InChI=1S/C28H37N7O6Si/c1-34-23-7-6-17(39-2)12-18(23)24(33-34)21-13-29-26-25(30-21)19(14-35(26)16-41-10-11-42(3,4)5)27(36)31-20-8-9-40-15-22(20)32-28(37)38/h6-7,12-14,20,22,32H,8-11,15-16H2,1-5H3,(H,31,36)(H,37,38)/t20-,22+/m1/s1. The number of fused-ring (bicyclic) bond motifs is 2.